The molecule has 0 N–H and O–H groups in total. The zero-order valence-corrected chi connectivity index (χ0v) is 13.3. The van der Waals surface area contributed by atoms with Crippen LogP contribution in [0.5, 0.6) is 11.6 Å². The Balaban J connectivity index is 1.53. The van der Waals surface area contributed by atoms with Crippen LogP contribution in [0.4, 0.5) is 13.2 Å². The fourth-order valence-electron chi connectivity index (χ4n) is 2.41. The maximum absolute atomic E-state index is 12.3. The summed E-state index contributed by atoms with van der Waals surface area (Å²) in [6, 6.07) is 10.3. The summed E-state index contributed by atoms with van der Waals surface area (Å²) in [7, 11) is 0. The Hall–Kier alpha value is -2.77. The lowest BCUT2D eigenvalue weighted by Gasteiger charge is -2.38. The SMILES string of the molecule is Cc1cccc(OC2CN(C(=O)c3ccc(OC(F)(F)F)cc3)C2)n1. The minimum Gasteiger partial charge on any atom is -0.471 e. The Bertz CT molecular complexity index is 756. The Morgan fingerprint density at radius 3 is 2.44 bits per heavy atom. The van der Waals surface area contributed by atoms with Gasteiger partial charge in [0.15, 0.2) is 0 Å². The molecule has 0 bridgehead atoms. The van der Waals surface area contributed by atoms with Crippen LogP contribution in [0.25, 0.3) is 0 Å². The summed E-state index contributed by atoms with van der Waals surface area (Å²) >= 11 is 0. The van der Waals surface area contributed by atoms with Crippen LogP contribution in [-0.2, 0) is 0 Å². The van der Waals surface area contributed by atoms with E-state index in [1.54, 1.807) is 11.0 Å². The maximum atomic E-state index is 12.3. The Morgan fingerprint density at radius 2 is 1.84 bits per heavy atom. The highest BCUT2D eigenvalue weighted by Gasteiger charge is 2.34. The van der Waals surface area contributed by atoms with Gasteiger partial charge >= 0.3 is 6.36 Å². The number of aromatic nitrogens is 1. The number of aryl methyl sites for hydroxylation is 1. The van der Waals surface area contributed by atoms with E-state index in [2.05, 4.69) is 9.72 Å². The van der Waals surface area contributed by atoms with E-state index in [9.17, 15) is 18.0 Å². The van der Waals surface area contributed by atoms with E-state index in [1.807, 2.05) is 19.1 Å². The molecule has 8 heteroatoms. The van der Waals surface area contributed by atoms with Crippen molar-refractivity contribution >= 4 is 5.91 Å². The molecule has 25 heavy (non-hydrogen) atoms. The van der Waals surface area contributed by atoms with Crippen LogP contribution in [0.1, 0.15) is 16.1 Å². The molecule has 1 aliphatic rings. The number of amides is 1. The van der Waals surface area contributed by atoms with Crippen molar-refractivity contribution in [1.29, 1.82) is 0 Å². The van der Waals surface area contributed by atoms with Crippen LogP contribution in [0, 0.1) is 6.92 Å². The lowest BCUT2D eigenvalue weighted by Crippen LogP contribution is -2.56. The largest absolute Gasteiger partial charge is 0.573 e. The molecule has 0 saturated carbocycles. The molecule has 1 aliphatic heterocycles. The smallest absolute Gasteiger partial charge is 0.471 e. The summed E-state index contributed by atoms with van der Waals surface area (Å²) in [6.07, 6.45) is -4.90. The minimum atomic E-state index is -4.75. The number of hydrogen-bond donors (Lipinski definition) is 0. The van der Waals surface area contributed by atoms with E-state index in [0.717, 1.165) is 17.8 Å². The van der Waals surface area contributed by atoms with Crippen molar-refractivity contribution < 1.29 is 27.4 Å². The van der Waals surface area contributed by atoms with Gasteiger partial charge in [0.2, 0.25) is 5.88 Å². The predicted octanol–water partition coefficient (Wildman–Crippen LogP) is 3.19. The van der Waals surface area contributed by atoms with Crippen molar-refractivity contribution in [3.63, 3.8) is 0 Å². The first-order chi connectivity index (χ1) is 11.8. The van der Waals surface area contributed by atoms with E-state index in [0.29, 0.717) is 24.5 Å². The Kier molecular flexibility index (Phi) is 4.52. The number of likely N-dealkylation sites (tertiary alicyclic amines) is 1. The summed E-state index contributed by atoms with van der Waals surface area (Å²) in [6.45, 7) is 2.65. The number of ether oxygens (including phenoxy) is 2. The van der Waals surface area contributed by atoms with Crippen molar-refractivity contribution in [3.8, 4) is 11.6 Å². The van der Waals surface area contributed by atoms with Gasteiger partial charge in [-0.05, 0) is 37.3 Å². The van der Waals surface area contributed by atoms with Crippen LogP contribution in [0.15, 0.2) is 42.5 Å². The molecule has 1 fully saturated rings. The second-order valence-corrected chi connectivity index (χ2v) is 5.64. The molecule has 1 saturated heterocycles. The van der Waals surface area contributed by atoms with Gasteiger partial charge in [0.1, 0.15) is 11.9 Å². The summed E-state index contributed by atoms with van der Waals surface area (Å²) in [5.41, 5.74) is 1.13. The molecule has 3 rings (SSSR count). The lowest BCUT2D eigenvalue weighted by molar-refractivity contribution is -0.274. The average molecular weight is 352 g/mol. The predicted molar refractivity (Wildman–Crippen MR) is 82.4 cm³/mol. The van der Waals surface area contributed by atoms with Crippen LogP contribution < -0.4 is 9.47 Å². The number of hydrogen-bond acceptors (Lipinski definition) is 4. The lowest BCUT2D eigenvalue weighted by atomic mass is 10.1. The first-order valence-corrected chi connectivity index (χ1v) is 7.55. The number of nitrogens with zero attached hydrogens (tertiary/aromatic N) is 2. The zero-order chi connectivity index (χ0) is 18.0. The molecule has 0 radical (unpaired) electrons. The third kappa shape index (κ3) is 4.40. The van der Waals surface area contributed by atoms with Gasteiger partial charge in [-0.1, -0.05) is 6.07 Å². The quantitative estimate of drug-likeness (QED) is 0.848. The Morgan fingerprint density at radius 1 is 1.16 bits per heavy atom. The molecule has 132 valence electrons. The number of alkyl halides is 3. The first-order valence-electron chi connectivity index (χ1n) is 7.55. The summed E-state index contributed by atoms with van der Waals surface area (Å²) in [4.78, 5) is 18.1. The molecule has 5 nitrogen and oxygen atoms in total. The zero-order valence-electron chi connectivity index (χ0n) is 13.3. The molecule has 2 aromatic rings. The Labute approximate surface area is 142 Å². The van der Waals surface area contributed by atoms with Gasteiger partial charge in [0, 0.05) is 17.3 Å². The number of pyridine rings is 1. The molecule has 1 amide bonds. The van der Waals surface area contributed by atoms with Gasteiger partial charge < -0.3 is 14.4 Å². The van der Waals surface area contributed by atoms with Crippen molar-refractivity contribution in [2.45, 2.75) is 19.4 Å². The van der Waals surface area contributed by atoms with Crippen LogP contribution >= 0.6 is 0 Å². The van der Waals surface area contributed by atoms with Crippen LogP contribution in [0.3, 0.4) is 0 Å². The number of carbonyl (C=O) groups is 1. The van der Waals surface area contributed by atoms with E-state index in [4.69, 9.17) is 4.74 Å². The second kappa shape index (κ2) is 6.62. The molecule has 0 unspecified atom stereocenters. The van der Waals surface area contributed by atoms with Crippen LogP contribution in [0.2, 0.25) is 0 Å². The highest BCUT2D eigenvalue weighted by atomic mass is 19.4. The fraction of sp³-hybridized carbons (Fsp3) is 0.294. The number of halogens is 3. The van der Waals surface area contributed by atoms with Gasteiger partial charge in [-0.25, -0.2) is 4.98 Å². The van der Waals surface area contributed by atoms with Crippen molar-refractivity contribution in [3.05, 3.63) is 53.7 Å². The van der Waals surface area contributed by atoms with Crippen molar-refractivity contribution in [2.75, 3.05) is 13.1 Å². The molecule has 1 aromatic heterocycles. The third-order valence-electron chi connectivity index (χ3n) is 3.62. The summed E-state index contributed by atoms with van der Waals surface area (Å²) in [5.74, 6) is -0.124. The van der Waals surface area contributed by atoms with Gasteiger partial charge in [-0.2, -0.15) is 0 Å². The minimum absolute atomic E-state index is 0.147. The van der Waals surface area contributed by atoms with Crippen LogP contribution in [-0.4, -0.2) is 41.3 Å². The van der Waals surface area contributed by atoms with Crippen molar-refractivity contribution in [2.24, 2.45) is 0 Å². The molecular formula is C17H15F3N2O3. The summed E-state index contributed by atoms with van der Waals surface area (Å²) < 4.78 is 45.8. The average Bonchev–Trinajstić information content (AvgIpc) is 2.49. The number of benzene rings is 1. The van der Waals surface area contributed by atoms with Gasteiger partial charge in [-0.3, -0.25) is 4.79 Å². The molecule has 0 aliphatic carbocycles. The monoisotopic (exact) mass is 352 g/mol. The van der Waals surface area contributed by atoms with Gasteiger partial charge in [0.25, 0.3) is 5.91 Å². The summed E-state index contributed by atoms with van der Waals surface area (Å²) in [5, 5.41) is 0. The molecular weight excluding hydrogens is 337 g/mol. The van der Waals surface area contributed by atoms with Crippen molar-refractivity contribution in [1.82, 2.24) is 9.88 Å². The van der Waals surface area contributed by atoms with E-state index >= 15 is 0 Å². The standard InChI is InChI=1S/C17H15F3N2O3/c1-11-3-2-4-15(21-11)24-14-9-22(10-14)16(23)12-5-7-13(8-6-12)25-17(18,19)20/h2-8,14H,9-10H2,1H3. The first kappa shape index (κ1) is 17.1. The van der Waals surface area contributed by atoms with E-state index in [-0.39, 0.29) is 17.8 Å². The number of rotatable bonds is 4. The van der Waals surface area contributed by atoms with Gasteiger partial charge in [-0.15, -0.1) is 13.2 Å². The third-order valence-corrected chi connectivity index (χ3v) is 3.62. The molecule has 1 aromatic carbocycles. The maximum Gasteiger partial charge on any atom is 0.573 e. The highest BCUT2D eigenvalue weighted by molar-refractivity contribution is 5.94. The van der Waals surface area contributed by atoms with E-state index in [1.165, 1.54) is 12.1 Å². The van der Waals surface area contributed by atoms with E-state index < -0.39 is 6.36 Å². The van der Waals surface area contributed by atoms with Gasteiger partial charge in [0.05, 0.1) is 13.1 Å². The second-order valence-electron chi connectivity index (χ2n) is 5.64. The molecule has 0 atom stereocenters. The highest BCUT2D eigenvalue weighted by Crippen LogP contribution is 2.24. The normalized spacial score (nSPS) is 14.8. The fourth-order valence-corrected chi connectivity index (χ4v) is 2.41. The number of carbonyl (C=O) groups excluding carboxylic acids is 1. The topological polar surface area (TPSA) is 51.7 Å². The molecule has 0 spiro atoms. The molecule has 2 heterocycles.